The van der Waals surface area contributed by atoms with E-state index in [4.69, 9.17) is 4.74 Å². The summed E-state index contributed by atoms with van der Waals surface area (Å²) < 4.78 is 4.92. The molecule has 4 nitrogen and oxygen atoms in total. The van der Waals surface area contributed by atoms with Crippen LogP contribution >= 0.6 is 0 Å². The second-order valence-electron chi connectivity index (χ2n) is 4.04. The lowest BCUT2D eigenvalue weighted by atomic mass is 10.2. The molecule has 2 N–H and O–H groups in total. The molecule has 1 amide bonds. The van der Waals surface area contributed by atoms with Crippen LogP contribution in [0.2, 0.25) is 0 Å². The second kappa shape index (κ2) is 9.93. The minimum atomic E-state index is 0.128. The van der Waals surface area contributed by atoms with E-state index in [-0.39, 0.29) is 5.91 Å². The van der Waals surface area contributed by atoms with Gasteiger partial charge in [0.25, 0.3) is 0 Å². The molecule has 0 aromatic rings. The van der Waals surface area contributed by atoms with Gasteiger partial charge in [-0.2, -0.15) is 0 Å². The summed E-state index contributed by atoms with van der Waals surface area (Å²) in [7, 11) is 1.69. The Kier molecular flexibility index (Phi) is 9.52. The van der Waals surface area contributed by atoms with Gasteiger partial charge in [-0.3, -0.25) is 4.79 Å². The van der Waals surface area contributed by atoms with Crippen LogP contribution in [0.3, 0.4) is 0 Å². The molecule has 0 saturated heterocycles. The quantitative estimate of drug-likeness (QED) is 0.560. The van der Waals surface area contributed by atoms with Crippen molar-refractivity contribution < 1.29 is 9.53 Å². The van der Waals surface area contributed by atoms with E-state index in [1.165, 1.54) is 0 Å². The van der Waals surface area contributed by atoms with Crippen molar-refractivity contribution in [2.75, 3.05) is 33.4 Å². The van der Waals surface area contributed by atoms with Crippen molar-refractivity contribution in [3.63, 3.8) is 0 Å². The number of ether oxygens (including phenoxy) is 1. The van der Waals surface area contributed by atoms with Crippen molar-refractivity contribution >= 4 is 5.91 Å². The van der Waals surface area contributed by atoms with Crippen molar-refractivity contribution in [3.8, 4) is 0 Å². The Morgan fingerprint density at radius 1 is 1.33 bits per heavy atom. The lowest BCUT2D eigenvalue weighted by molar-refractivity contribution is -0.121. The SMILES string of the molecule is COCCCNCCC(=O)NCC(C)C. The molecule has 0 aromatic heterocycles. The summed E-state index contributed by atoms with van der Waals surface area (Å²) in [5, 5.41) is 6.08. The Morgan fingerprint density at radius 3 is 2.67 bits per heavy atom. The van der Waals surface area contributed by atoms with E-state index in [2.05, 4.69) is 24.5 Å². The van der Waals surface area contributed by atoms with Gasteiger partial charge in [0.05, 0.1) is 0 Å². The topological polar surface area (TPSA) is 50.4 Å². The van der Waals surface area contributed by atoms with Gasteiger partial charge in [-0.05, 0) is 18.9 Å². The number of amides is 1. The molecule has 0 aliphatic carbocycles. The van der Waals surface area contributed by atoms with Crippen LogP contribution in [0.25, 0.3) is 0 Å². The first-order chi connectivity index (χ1) is 7.16. The predicted octanol–water partition coefficient (Wildman–Crippen LogP) is 0.775. The molecule has 4 heteroatoms. The average molecular weight is 216 g/mol. The number of methoxy groups -OCH3 is 1. The number of carbonyl (C=O) groups excluding carboxylic acids is 1. The summed E-state index contributed by atoms with van der Waals surface area (Å²) in [6.07, 6.45) is 1.55. The molecule has 0 spiro atoms. The van der Waals surface area contributed by atoms with Crippen molar-refractivity contribution in [2.45, 2.75) is 26.7 Å². The number of carbonyl (C=O) groups is 1. The third kappa shape index (κ3) is 11.3. The monoisotopic (exact) mass is 216 g/mol. The molecule has 0 aliphatic heterocycles. The standard InChI is InChI=1S/C11H24N2O2/c1-10(2)9-13-11(14)5-7-12-6-4-8-15-3/h10,12H,4-9H2,1-3H3,(H,13,14). The van der Waals surface area contributed by atoms with Crippen molar-refractivity contribution in [3.05, 3.63) is 0 Å². The smallest absolute Gasteiger partial charge is 0.221 e. The zero-order valence-corrected chi connectivity index (χ0v) is 10.1. The number of hydrogen-bond acceptors (Lipinski definition) is 3. The van der Waals surface area contributed by atoms with E-state index < -0.39 is 0 Å². The number of nitrogens with one attached hydrogen (secondary N) is 2. The maximum Gasteiger partial charge on any atom is 0.221 e. The van der Waals surface area contributed by atoms with E-state index in [0.29, 0.717) is 12.3 Å². The first-order valence-electron chi connectivity index (χ1n) is 5.63. The van der Waals surface area contributed by atoms with Gasteiger partial charge < -0.3 is 15.4 Å². The van der Waals surface area contributed by atoms with Gasteiger partial charge in [0, 0.05) is 33.2 Å². The van der Waals surface area contributed by atoms with Crippen LogP contribution in [0.15, 0.2) is 0 Å². The van der Waals surface area contributed by atoms with Crippen molar-refractivity contribution in [1.82, 2.24) is 10.6 Å². The summed E-state index contributed by atoms with van der Waals surface area (Å²) in [4.78, 5) is 11.3. The van der Waals surface area contributed by atoms with Gasteiger partial charge in [-0.25, -0.2) is 0 Å². The first kappa shape index (κ1) is 14.4. The number of hydrogen-bond donors (Lipinski definition) is 2. The van der Waals surface area contributed by atoms with E-state index >= 15 is 0 Å². The minimum absolute atomic E-state index is 0.128. The second-order valence-corrected chi connectivity index (χ2v) is 4.04. The highest BCUT2D eigenvalue weighted by molar-refractivity contribution is 5.76. The van der Waals surface area contributed by atoms with E-state index in [9.17, 15) is 4.79 Å². The van der Waals surface area contributed by atoms with E-state index in [0.717, 1.165) is 32.7 Å². The molecule has 0 fully saturated rings. The van der Waals surface area contributed by atoms with Crippen LogP contribution in [-0.4, -0.2) is 39.3 Å². The Balaban J connectivity index is 3.17. The van der Waals surface area contributed by atoms with Crippen LogP contribution < -0.4 is 10.6 Å². The first-order valence-corrected chi connectivity index (χ1v) is 5.63. The maximum absolute atomic E-state index is 11.3. The maximum atomic E-state index is 11.3. The van der Waals surface area contributed by atoms with Crippen LogP contribution in [0.1, 0.15) is 26.7 Å². The van der Waals surface area contributed by atoms with Gasteiger partial charge >= 0.3 is 0 Å². The Bertz CT molecular complexity index is 161. The van der Waals surface area contributed by atoms with Gasteiger partial charge in [-0.15, -0.1) is 0 Å². The van der Waals surface area contributed by atoms with E-state index in [1.807, 2.05) is 0 Å². The van der Waals surface area contributed by atoms with Crippen LogP contribution in [0.5, 0.6) is 0 Å². The Hall–Kier alpha value is -0.610. The molecule has 0 atom stereocenters. The molecule has 0 bridgehead atoms. The van der Waals surface area contributed by atoms with Crippen molar-refractivity contribution in [1.29, 1.82) is 0 Å². The highest BCUT2D eigenvalue weighted by atomic mass is 16.5. The molecule has 0 saturated carbocycles. The fourth-order valence-corrected chi connectivity index (χ4v) is 1.07. The van der Waals surface area contributed by atoms with Crippen molar-refractivity contribution in [2.24, 2.45) is 5.92 Å². The third-order valence-electron chi connectivity index (χ3n) is 1.94. The van der Waals surface area contributed by atoms with Gasteiger partial charge in [0.1, 0.15) is 0 Å². The summed E-state index contributed by atoms with van der Waals surface area (Å²) in [5.41, 5.74) is 0. The Morgan fingerprint density at radius 2 is 2.07 bits per heavy atom. The summed E-state index contributed by atoms with van der Waals surface area (Å²) in [6.45, 7) is 7.36. The molecule has 0 aliphatic rings. The zero-order valence-electron chi connectivity index (χ0n) is 10.1. The molecule has 0 rings (SSSR count). The molecule has 15 heavy (non-hydrogen) atoms. The fourth-order valence-electron chi connectivity index (χ4n) is 1.07. The molecular weight excluding hydrogens is 192 g/mol. The summed E-state index contributed by atoms with van der Waals surface area (Å²) in [6, 6.07) is 0. The lowest BCUT2D eigenvalue weighted by Crippen LogP contribution is -2.30. The molecule has 0 heterocycles. The third-order valence-corrected chi connectivity index (χ3v) is 1.94. The largest absolute Gasteiger partial charge is 0.385 e. The Labute approximate surface area is 92.8 Å². The van der Waals surface area contributed by atoms with Gasteiger partial charge in [0.15, 0.2) is 0 Å². The fraction of sp³-hybridized carbons (Fsp3) is 0.909. The van der Waals surface area contributed by atoms with Crippen LogP contribution in [0, 0.1) is 5.92 Å². The minimum Gasteiger partial charge on any atom is -0.385 e. The molecule has 0 unspecified atom stereocenters. The zero-order chi connectivity index (χ0) is 11.5. The van der Waals surface area contributed by atoms with Gasteiger partial charge in [-0.1, -0.05) is 13.8 Å². The van der Waals surface area contributed by atoms with Crippen LogP contribution in [-0.2, 0) is 9.53 Å². The molecule has 90 valence electrons. The normalized spacial score (nSPS) is 10.7. The highest BCUT2D eigenvalue weighted by Crippen LogP contribution is 1.88. The highest BCUT2D eigenvalue weighted by Gasteiger charge is 2.00. The van der Waals surface area contributed by atoms with E-state index in [1.54, 1.807) is 7.11 Å². The predicted molar refractivity (Wildman–Crippen MR) is 61.8 cm³/mol. The van der Waals surface area contributed by atoms with Gasteiger partial charge in [0.2, 0.25) is 5.91 Å². The molecular formula is C11H24N2O2. The lowest BCUT2D eigenvalue weighted by Gasteiger charge is -2.08. The number of rotatable bonds is 9. The molecule has 0 radical (unpaired) electrons. The average Bonchev–Trinajstić information content (AvgIpc) is 2.20. The summed E-state index contributed by atoms with van der Waals surface area (Å²) >= 11 is 0. The summed E-state index contributed by atoms with van der Waals surface area (Å²) in [5.74, 6) is 0.645. The molecule has 0 aromatic carbocycles. The van der Waals surface area contributed by atoms with Crippen LogP contribution in [0.4, 0.5) is 0 Å².